The number of likely N-dealkylation sites (tertiary alicyclic amines) is 1. The Kier molecular flexibility index (Phi) is 7.71. The van der Waals surface area contributed by atoms with Gasteiger partial charge in [0.05, 0.1) is 17.1 Å². The standard InChI is InChI=1S/C30H37Cl2NO2/c1-5-16-29(3)19-26(21-8-7-9-24(32)17-21)27(20-10-14-23(31)15-11-20)33(28(29)34)25(6-2)18-30(4,35)22-12-13-22/h5,7-11,14-15,17,22,25-27,35H,1,6,12-13,16,18-19H2,2-4H3/t25?,26-,27-,29+,30-/m1/s1. The number of halogens is 2. The number of amides is 1. The first-order chi connectivity index (χ1) is 16.6. The van der Waals surface area contributed by atoms with Crippen molar-refractivity contribution in [3.63, 3.8) is 0 Å². The van der Waals surface area contributed by atoms with Crippen LogP contribution in [0.4, 0.5) is 0 Å². The van der Waals surface area contributed by atoms with Crippen LogP contribution in [0.15, 0.2) is 61.2 Å². The van der Waals surface area contributed by atoms with Gasteiger partial charge in [0.25, 0.3) is 0 Å². The van der Waals surface area contributed by atoms with Gasteiger partial charge in [0.2, 0.25) is 5.91 Å². The second-order valence-electron chi connectivity index (χ2n) is 11.0. The van der Waals surface area contributed by atoms with E-state index in [1.54, 1.807) is 0 Å². The summed E-state index contributed by atoms with van der Waals surface area (Å²) in [7, 11) is 0. The van der Waals surface area contributed by atoms with Crippen LogP contribution in [0.1, 0.15) is 82.4 Å². The van der Waals surface area contributed by atoms with Crippen molar-refractivity contribution in [2.24, 2.45) is 11.3 Å². The van der Waals surface area contributed by atoms with E-state index in [1.807, 2.05) is 55.5 Å². The van der Waals surface area contributed by atoms with Crippen LogP contribution in [0, 0.1) is 11.3 Å². The van der Waals surface area contributed by atoms with Gasteiger partial charge < -0.3 is 10.0 Å². The fraction of sp³-hybridized carbons (Fsp3) is 0.500. The molecule has 0 bridgehead atoms. The fourth-order valence-corrected chi connectivity index (χ4v) is 6.40. The molecule has 2 aromatic carbocycles. The van der Waals surface area contributed by atoms with Crippen molar-refractivity contribution in [1.82, 2.24) is 4.90 Å². The van der Waals surface area contributed by atoms with Crippen LogP contribution in [0.5, 0.6) is 0 Å². The molecule has 1 heterocycles. The van der Waals surface area contributed by atoms with E-state index in [0.717, 1.165) is 30.4 Å². The number of carbonyl (C=O) groups is 1. The Balaban J connectivity index is 1.87. The zero-order valence-electron chi connectivity index (χ0n) is 21.0. The van der Waals surface area contributed by atoms with Crippen LogP contribution in [0.3, 0.4) is 0 Å². The predicted octanol–water partition coefficient (Wildman–Crippen LogP) is 7.96. The van der Waals surface area contributed by atoms with Gasteiger partial charge in [-0.05, 0) is 86.8 Å². The number of hydrogen-bond acceptors (Lipinski definition) is 2. The molecule has 5 atom stereocenters. The predicted molar refractivity (Wildman–Crippen MR) is 145 cm³/mol. The lowest BCUT2D eigenvalue weighted by Crippen LogP contribution is -2.56. The number of allylic oxidation sites excluding steroid dienone is 1. The maximum Gasteiger partial charge on any atom is 0.229 e. The van der Waals surface area contributed by atoms with Crippen molar-refractivity contribution in [2.45, 2.75) is 82.9 Å². The van der Waals surface area contributed by atoms with Gasteiger partial charge in [0.15, 0.2) is 0 Å². The molecule has 2 aromatic rings. The largest absolute Gasteiger partial charge is 0.390 e. The van der Waals surface area contributed by atoms with Crippen LogP contribution < -0.4 is 0 Å². The third-order valence-electron chi connectivity index (χ3n) is 8.16. The lowest BCUT2D eigenvalue weighted by molar-refractivity contribution is -0.156. The normalized spacial score (nSPS) is 27.4. The maximum absolute atomic E-state index is 14.3. The highest BCUT2D eigenvalue weighted by Crippen LogP contribution is 2.53. The molecule has 0 aromatic heterocycles. The second kappa shape index (κ2) is 10.3. The molecule has 1 amide bonds. The zero-order chi connectivity index (χ0) is 25.4. The van der Waals surface area contributed by atoms with Gasteiger partial charge in [0, 0.05) is 22.0 Å². The molecule has 2 aliphatic rings. The Hall–Kier alpha value is -1.81. The number of aliphatic hydroxyl groups is 1. The van der Waals surface area contributed by atoms with Gasteiger partial charge in [-0.25, -0.2) is 0 Å². The monoisotopic (exact) mass is 513 g/mol. The number of hydrogen-bond donors (Lipinski definition) is 1. The van der Waals surface area contributed by atoms with E-state index in [0.29, 0.717) is 35.2 Å². The van der Waals surface area contributed by atoms with Gasteiger partial charge in [-0.3, -0.25) is 4.79 Å². The van der Waals surface area contributed by atoms with Crippen LogP contribution in [-0.4, -0.2) is 27.6 Å². The zero-order valence-corrected chi connectivity index (χ0v) is 22.5. The molecule has 5 heteroatoms. The Morgan fingerprint density at radius 3 is 2.43 bits per heavy atom. The molecule has 4 rings (SSSR count). The van der Waals surface area contributed by atoms with Crippen LogP contribution >= 0.6 is 23.2 Å². The van der Waals surface area contributed by atoms with Crippen molar-refractivity contribution in [1.29, 1.82) is 0 Å². The molecule has 0 radical (unpaired) electrons. The first kappa shape index (κ1) is 26.3. The highest BCUT2D eigenvalue weighted by atomic mass is 35.5. The lowest BCUT2D eigenvalue weighted by Gasteiger charge is -2.53. The number of carbonyl (C=O) groups excluding carboxylic acids is 1. The molecular weight excluding hydrogens is 477 g/mol. The average Bonchev–Trinajstić information content (AvgIpc) is 3.67. The first-order valence-electron chi connectivity index (χ1n) is 12.8. The molecule has 35 heavy (non-hydrogen) atoms. The van der Waals surface area contributed by atoms with E-state index in [4.69, 9.17) is 23.2 Å². The third kappa shape index (κ3) is 5.48. The summed E-state index contributed by atoms with van der Waals surface area (Å²) in [4.78, 5) is 16.4. The van der Waals surface area contributed by atoms with Gasteiger partial charge in [-0.1, -0.05) is 67.4 Å². The molecule has 1 saturated heterocycles. The summed E-state index contributed by atoms with van der Waals surface area (Å²) in [6, 6.07) is 15.6. The Labute approximate surface area is 220 Å². The fourth-order valence-electron chi connectivity index (χ4n) is 6.08. The third-order valence-corrected chi connectivity index (χ3v) is 8.64. The van der Waals surface area contributed by atoms with E-state index in [9.17, 15) is 9.90 Å². The highest BCUT2D eigenvalue weighted by Gasteiger charge is 2.52. The summed E-state index contributed by atoms with van der Waals surface area (Å²) >= 11 is 12.7. The number of rotatable bonds is 9. The van der Waals surface area contributed by atoms with E-state index in [-0.39, 0.29) is 23.9 Å². The minimum absolute atomic E-state index is 0.0393. The molecule has 1 unspecified atom stereocenters. The Bertz CT molecular complexity index is 1060. The number of benzene rings is 2. The summed E-state index contributed by atoms with van der Waals surface area (Å²) in [5.74, 6) is 0.486. The quantitative estimate of drug-likeness (QED) is 0.345. The first-order valence-corrected chi connectivity index (χ1v) is 13.5. The van der Waals surface area contributed by atoms with E-state index in [1.165, 1.54) is 0 Å². The molecule has 1 aliphatic carbocycles. The molecule has 2 fully saturated rings. The van der Waals surface area contributed by atoms with Crippen molar-refractivity contribution in [3.05, 3.63) is 82.4 Å². The van der Waals surface area contributed by atoms with Crippen molar-refractivity contribution >= 4 is 29.1 Å². The summed E-state index contributed by atoms with van der Waals surface area (Å²) in [5, 5.41) is 12.7. The van der Waals surface area contributed by atoms with Gasteiger partial charge in [0.1, 0.15) is 0 Å². The molecular formula is C30H37Cl2NO2. The van der Waals surface area contributed by atoms with Gasteiger partial charge in [-0.15, -0.1) is 6.58 Å². The van der Waals surface area contributed by atoms with Crippen LogP contribution in [0.2, 0.25) is 10.0 Å². The summed E-state index contributed by atoms with van der Waals surface area (Å²) in [6.45, 7) is 10.1. The summed E-state index contributed by atoms with van der Waals surface area (Å²) in [5.41, 5.74) is 0.798. The summed E-state index contributed by atoms with van der Waals surface area (Å²) < 4.78 is 0. The second-order valence-corrected chi connectivity index (χ2v) is 11.9. The maximum atomic E-state index is 14.3. The van der Waals surface area contributed by atoms with Crippen LogP contribution in [0.25, 0.3) is 0 Å². The highest BCUT2D eigenvalue weighted by molar-refractivity contribution is 6.30. The molecule has 1 N–H and O–H groups in total. The Morgan fingerprint density at radius 1 is 1.17 bits per heavy atom. The molecule has 188 valence electrons. The lowest BCUT2D eigenvalue weighted by atomic mass is 9.66. The molecule has 1 aliphatic heterocycles. The molecule has 0 spiro atoms. The Morgan fingerprint density at radius 2 is 1.86 bits per heavy atom. The number of piperidine rings is 1. The summed E-state index contributed by atoms with van der Waals surface area (Å²) in [6.07, 6.45) is 6.59. The van der Waals surface area contributed by atoms with E-state index >= 15 is 0 Å². The van der Waals surface area contributed by atoms with E-state index < -0.39 is 11.0 Å². The molecule has 3 nitrogen and oxygen atoms in total. The SMILES string of the molecule is C=CC[C@@]1(C)C[C@H](c2cccc(Cl)c2)[C@@H](c2ccc(Cl)cc2)N(C(CC)C[C@@](C)(O)C2CC2)C1=O. The minimum atomic E-state index is -0.788. The van der Waals surface area contributed by atoms with E-state index in [2.05, 4.69) is 31.4 Å². The minimum Gasteiger partial charge on any atom is -0.390 e. The van der Waals surface area contributed by atoms with Crippen molar-refractivity contribution in [3.8, 4) is 0 Å². The van der Waals surface area contributed by atoms with Gasteiger partial charge in [-0.2, -0.15) is 0 Å². The topological polar surface area (TPSA) is 40.5 Å². The van der Waals surface area contributed by atoms with Crippen molar-refractivity contribution < 1.29 is 9.90 Å². The van der Waals surface area contributed by atoms with Gasteiger partial charge >= 0.3 is 0 Å². The van der Waals surface area contributed by atoms with Crippen molar-refractivity contribution in [2.75, 3.05) is 0 Å². The number of nitrogens with zero attached hydrogens (tertiary/aromatic N) is 1. The van der Waals surface area contributed by atoms with Crippen LogP contribution in [-0.2, 0) is 4.79 Å². The smallest absolute Gasteiger partial charge is 0.229 e. The average molecular weight is 515 g/mol. The molecule has 1 saturated carbocycles.